The predicted molar refractivity (Wildman–Crippen MR) is 53.3 cm³/mol. The van der Waals surface area contributed by atoms with Crippen molar-refractivity contribution in [2.24, 2.45) is 0 Å². The zero-order chi connectivity index (χ0) is 9.84. The molecule has 2 nitrogen and oxygen atoms in total. The Hall–Kier alpha value is -0.730. The van der Waals surface area contributed by atoms with E-state index in [1.807, 2.05) is 13.0 Å². The first kappa shape index (κ1) is 10.4. The van der Waals surface area contributed by atoms with Crippen LogP contribution < -0.4 is 0 Å². The van der Waals surface area contributed by atoms with Crippen molar-refractivity contribution in [3.63, 3.8) is 0 Å². The minimum atomic E-state index is 0.0249. The Morgan fingerprint density at radius 2 is 2.08 bits per heavy atom. The number of benzene rings is 1. The first-order valence-corrected chi connectivity index (χ1v) is 4.68. The molecule has 0 amide bonds. The topological polar surface area (TPSA) is 40.5 Å². The van der Waals surface area contributed by atoms with Gasteiger partial charge in [-0.2, -0.15) is 0 Å². The lowest BCUT2D eigenvalue weighted by Crippen LogP contribution is -1.93. The summed E-state index contributed by atoms with van der Waals surface area (Å²) in [4.78, 5) is 0. The van der Waals surface area contributed by atoms with Crippen molar-refractivity contribution in [1.82, 2.24) is 0 Å². The summed E-state index contributed by atoms with van der Waals surface area (Å²) in [6.45, 7) is 2.04. The van der Waals surface area contributed by atoms with Crippen LogP contribution in [0.4, 0.5) is 0 Å². The molecule has 0 aliphatic rings. The number of hydrogen-bond donors (Lipinski definition) is 2. The molecule has 2 N–H and O–H groups in total. The van der Waals surface area contributed by atoms with E-state index in [0.29, 0.717) is 17.0 Å². The molecule has 0 saturated carbocycles. The van der Waals surface area contributed by atoms with Crippen molar-refractivity contribution in [3.8, 4) is 5.75 Å². The number of phenols is 1. The summed E-state index contributed by atoms with van der Waals surface area (Å²) < 4.78 is 0. The summed E-state index contributed by atoms with van der Waals surface area (Å²) in [5.41, 5.74) is 1.79. The van der Waals surface area contributed by atoms with E-state index >= 15 is 0 Å². The zero-order valence-electron chi connectivity index (χ0n) is 7.55. The van der Waals surface area contributed by atoms with Gasteiger partial charge in [-0.25, -0.2) is 0 Å². The van der Waals surface area contributed by atoms with Crippen LogP contribution in [0, 0.1) is 0 Å². The van der Waals surface area contributed by atoms with E-state index < -0.39 is 0 Å². The molecular formula is C10H13ClO2. The molecule has 1 aromatic rings. The predicted octanol–water partition coefficient (Wildman–Crippen LogP) is 2.14. The lowest BCUT2D eigenvalue weighted by Gasteiger charge is -2.07. The van der Waals surface area contributed by atoms with Gasteiger partial charge in [0.05, 0.1) is 5.02 Å². The maximum atomic E-state index is 9.51. The Balaban J connectivity index is 3.09. The molecule has 0 unspecified atom stereocenters. The van der Waals surface area contributed by atoms with Crippen molar-refractivity contribution in [2.45, 2.75) is 19.8 Å². The van der Waals surface area contributed by atoms with Crippen LogP contribution in [-0.4, -0.2) is 16.8 Å². The molecule has 13 heavy (non-hydrogen) atoms. The van der Waals surface area contributed by atoms with Crippen LogP contribution in [0.15, 0.2) is 12.1 Å². The van der Waals surface area contributed by atoms with Gasteiger partial charge in [-0.05, 0) is 30.0 Å². The fourth-order valence-corrected chi connectivity index (χ4v) is 1.49. The number of phenolic OH excluding ortho intramolecular Hbond substituents is 1. The summed E-state index contributed by atoms with van der Waals surface area (Å²) >= 11 is 5.80. The third-order valence-corrected chi connectivity index (χ3v) is 2.28. The molecule has 3 heteroatoms. The Bertz CT molecular complexity index is 297. The fraction of sp³-hybridized carbons (Fsp3) is 0.400. The van der Waals surface area contributed by atoms with Gasteiger partial charge in [0.15, 0.2) is 0 Å². The van der Waals surface area contributed by atoms with Crippen LogP contribution in [0.2, 0.25) is 5.02 Å². The summed E-state index contributed by atoms with van der Waals surface area (Å²) in [5, 5.41) is 18.6. The summed E-state index contributed by atoms with van der Waals surface area (Å²) in [6.07, 6.45) is 1.32. The third-order valence-electron chi connectivity index (χ3n) is 1.99. The highest BCUT2D eigenvalue weighted by Crippen LogP contribution is 2.29. The third kappa shape index (κ3) is 2.36. The Kier molecular flexibility index (Phi) is 3.58. The van der Waals surface area contributed by atoms with Crippen LogP contribution >= 0.6 is 11.6 Å². The first-order valence-electron chi connectivity index (χ1n) is 4.30. The number of rotatable bonds is 3. The van der Waals surface area contributed by atoms with Crippen LogP contribution in [0.1, 0.15) is 18.1 Å². The molecule has 0 aliphatic heterocycles. The first-order chi connectivity index (χ1) is 6.19. The largest absolute Gasteiger partial charge is 0.506 e. The monoisotopic (exact) mass is 200 g/mol. The SMILES string of the molecule is CCc1cc(Cl)c(O)c(CCO)c1. The Labute approximate surface area is 82.8 Å². The molecule has 0 fully saturated rings. The molecule has 0 saturated heterocycles. The van der Waals surface area contributed by atoms with E-state index in [-0.39, 0.29) is 12.4 Å². The molecule has 0 aliphatic carbocycles. The zero-order valence-corrected chi connectivity index (χ0v) is 8.30. The second-order valence-corrected chi connectivity index (χ2v) is 3.32. The normalized spacial score (nSPS) is 10.4. The van der Waals surface area contributed by atoms with Crippen molar-refractivity contribution in [2.75, 3.05) is 6.61 Å². The number of aliphatic hydroxyl groups is 1. The van der Waals surface area contributed by atoms with Crippen LogP contribution in [0.3, 0.4) is 0 Å². The highest BCUT2D eigenvalue weighted by Gasteiger charge is 2.06. The number of aryl methyl sites for hydroxylation is 1. The average Bonchev–Trinajstić information content (AvgIpc) is 2.13. The van der Waals surface area contributed by atoms with E-state index in [2.05, 4.69) is 0 Å². The highest BCUT2D eigenvalue weighted by atomic mass is 35.5. The Morgan fingerprint density at radius 1 is 1.38 bits per heavy atom. The molecule has 0 spiro atoms. The van der Waals surface area contributed by atoms with Crippen molar-refractivity contribution in [1.29, 1.82) is 0 Å². The highest BCUT2D eigenvalue weighted by molar-refractivity contribution is 6.32. The van der Waals surface area contributed by atoms with E-state index in [9.17, 15) is 5.11 Å². The van der Waals surface area contributed by atoms with E-state index in [1.54, 1.807) is 6.07 Å². The summed E-state index contributed by atoms with van der Waals surface area (Å²) in [7, 11) is 0. The van der Waals surface area contributed by atoms with Crippen molar-refractivity contribution < 1.29 is 10.2 Å². The molecule has 1 rings (SSSR count). The maximum absolute atomic E-state index is 9.51. The molecule has 0 bridgehead atoms. The van der Waals surface area contributed by atoms with Crippen molar-refractivity contribution in [3.05, 3.63) is 28.3 Å². The van der Waals surface area contributed by atoms with Gasteiger partial charge in [-0.1, -0.05) is 24.6 Å². The standard InChI is InChI=1S/C10H13ClO2/c1-2-7-5-8(3-4-12)10(13)9(11)6-7/h5-6,12-13H,2-4H2,1H3. The number of aromatic hydroxyl groups is 1. The van der Waals surface area contributed by atoms with Crippen LogP contribution in [-0.2, 0) is 12.8 Å². The second kappa shape index (κ2) is 4.49. The van der Waals surface area contributed by atoms with Crippen molar-refractivity contribution >= 4 is 11.6 Å². The quantitative estimate of drug-likeness (QED) is 0.785. The van der Waals surface area contributed by atoms with Gasteiger partial charge in [0.1, 0.15) is 5.75 Å². The smallest absolute Gasteiger partial charge is 0.137 e. The van der Waals surface area contributed by atoms with E-state index in [0.717, 1.165) is 12.0 Å². The minimum absolute atomic E-state index is 0.0249. The van der Waals surface area contributed by atoms with Gasteiger partial charge in [0.25, 0.3) is 0 Å². The maximum Gasteiger partial charge on any atom is 0.137 e. The van der Waals surface area contributed by atoms with Gasteiger partial charge < -0.3 is 10.2 Å². The molecule has 0 aromatic heterocycles. The second-order valence-electron chi connectivity index (χ2n) is 2.91. The Morgan fingerprint density at radius 3 is 2.62 bits per heavy atom. The molecular weight excluding hydrogens is 188 g/mol. The molecule has 72 valence electrons. The van der Waals surface area contributed by atoms with Gasteiger partial charge in [0, 0.05) is 6.61 Å². The van der Waals surface area contributed by atoms with Gasteiger partial charge >= 0.3 is 0 Å². The molecule has 0 radical (unpaired) electrons. The van der Waals surface area contributed by atoms with Crippen LogP contribution in [0.5, 0.6) is 5.75 Å². The van der Waals surface area contributed by atoms with Gasteiger partial charge in [-0.3, -0.25) is 0 Å². The number of halogens is 1. The summed E-state index contributed by atoms with van der Waals surface area (Å²) in [6, 6.07) is 3.62. The fourth-order valence-electron chi connectivity index (χ4n) is 1.23. The average molecular weight is 201 g/mol. The molecule has 1 aromatic carbocycles. The van der Waals surface area contributed by atoms with Crippen LogP contribution in [0.25, 0.3) is 0 Å². The number of hydrogen-bond acceptors (Lipinski definition) is 2. The molecule has 0 heterocycles. The van der Waals surface area contributed by atoms with Gasteiger partial charge in [0.2, 0.25) is 0 Å². The van der Waals surface area contributed by atoms with E-state index in [1.165, 1.54) is 0 Å². The van der Waals surface area contributed by atoms with E-state index in [4.69, 9.17) is 16.7 Å². The summed E-state index contributed by atoms with van der Waals surface area (Å²) in [5.74, 6) is 0.0907. The lowest BCUT2D eigenvalue weighted by atomic mass is 10.1. The molecule has 0 atom stereocenters. The number of aliphatic hydroxyl groups excluding tert-OH is 1. The minimum Gasteiger partial charge on any atom is -0.506 e. The lowest BCUT2D eigenvalue weighted by molar-refractivity contribution is 0.297. The van der Waals surface area contributed by atoms with Gasteiger partial charge in [-0.15, -0.1) is 0 Å².